The van der Waals surface area contributed by atoms with Crippen LogP contribution in [0.1, 0.15) is 41.4 Å². The van der Waals surface area contributed by atoms with Crippen molar-refractivity contribution < 1.29 is 14.4 Å². The number of carbonyl (C=O) groups is 2. The topological polar surface area (TPSA) is 119 Å². The van der Waals surface area contributed by atoms with Gasteiger partial charge in [-0.25, -0.2) is 15.0 Å². The molecule has 1 unspecified atom stereocenters. The molecule has 2 N–H and O–H groups in total. The molecular formula is C18H23N7O3. The van der Waals surface area contributed by atoms with Gasteiger partial charge in [0.05, 0.1) is 18.8 Å². The highest BCUT2D eigenvalue weighted by Gasteiger charge is 2.37. The van der Waals surface area contributed by atoms with E-state index >= 15 is 0 Å². The number of nitrogens with zero attached hydrogens (tertiary/aromatic N) is 6. The number of primary amides is 1. The Balaban J connectivity index is 1.40. The van der Waals surface area contributed by atoms with Crippen LogP contribution in [-0.2, 0) is 16.7 Å². The first-order valence-corrected chi connectivity index (χ1v) is 9.35. The fourth-order valence-corrected chi connectivity index (χ4v) is 3.75. The Morgan fingerprint density at radius 1 is 1.25 bits per heavy atom. The quantitative estimate of drug-likeness (QED) is 0.810. The molecule has 4 rings (SSSR count). The Morgan fingerprint density at radius 3 is 2.71 bits per heavy atom. The SMILES string of the molecule is Cn1cc(C2CCON2C(=O)C2CCN(c3nccc(C(N)=O)n3)CC2)cn1. The number of anilines is 1. The molecule has 2 amide bonds. The molecule has 0 radical (unpaired) electrons. The zero-order valence-electron chi connectivity index (χ0n) is 15.7. The number of nitrogens with two attached hydrogens (primary N) is 1. The van der Waals surface area contributed by atoms with E-state index in [9.17, 15) is 9.59 Å². The fraction of sp³-hybridized carbons (Fsp3) is 0.500. The van der Waals surface area contributed by atoms with Crippen molar-refractivity contribution in [1.82, 2.24) is 24.8 Å². The van der Waals surface area contributed by atoms with Crippen LogP contribution in [0.15, 0.2) is 24.7 Å². The number of rotatable bonds is 4. The van der Waals surface area contributed by atoms with Crippen LogP contribution in [0.25, 0.3) is 0 Å². The average molecular weight is 385 g/mol. The molecule has 4 heterocycles. The molecule has 28 heavy (non-hydrogen) atoms. The van der Waals surface area contributed by atoms with Crippen LogP contribution in [-0.4, -0.2) is 56.3 Å². The summed E-state index contributed by atoms with van der Waals surface area (Å²) >= 11 is 0. The van der Waals surface area contributed by atoms with Crippen molar-refractivity contribution in [2.75, 3.05) is 24.6 Å². The lowest BCUT2D eigenvalue weighted by Crippen LogP contribution is -2.42. The van der Waals surface area contributed by atoms with Gasteiger partial charge in [-0.15, -0.1) is 0 Å². The first-order chi connectivity index (χ1) is 13.5. The second kappa shape index (κ2) is 7.55. The molecule has 1 atom stereocenters. The lowest BCUT2D eigenvalue weighted by molar-refractivity contribution is -0.182. The molecule has 2 aliphatic rings. The van der Waals surface area contributed by atoms with Crippen molar-refractivity contribution in [3.05, 3.63) is 35.9 Å². The highest BCUT2D eigenvalue weighted by molar-refractivity contribution is 5.90. The van der Waals surface area contributed by atoms with Crippen LogP contribution in [0.5, 0.6) is 0 Å². The van der Waals surface area contributed by atoms with Gasteiger partial charge in [0, 0.05) is 50.4 Å². The van der Waals surface area contributed by atoms with E-state index < -0.39 is 5.91 Å². The van der Waals surface area contributed by atoms with Gasteiger partial charge in [0.15, 0.2) is 0 Å². The lowest BCUT2D eigenvalue weighted by atomic mass is 9.95. The Labute approximate surface area is 162 Å². The summed E-state index contributed by atoms with van der Waals surface area (Å²) in [5.74, 6) is -0.222. The third-order valence-corrected chi connectivity index (χ3v) is 5.25. The number of hydrogen-bond acceptors (Lipinski definition) is 7. The highest BCUT2D eigenvalue weighted by Crippen LogP contribution is 2.33. The van der Waals surface area contributed by atoms with Gasteiger partial charge >= 0.3 is 0 Å². The van der Waals surface area contributed by atoms with Crippen LogP contribution >= 0.6 is 0 Å². The summed E-state index contributed by atoms with van der Waals surface area (Å²) in [6, 6.07) is 1.40. The van der Waals surface area contributed by atoms with E-state index in [0.717, 1.165) is 12.0 Å². The standard InChI is InChI=1S/C18H23N7O3/c1-23-11-13(10-21-23)15-5-9-28-25(15)17(27)12-3-7-24(8-4-12)18-20-6-2-14(22-18)16(19)26/h2,6,10-12,15H,3-5,7-9H2,1H3,(H2,19,26). The first-order valence-electron chi connectivity index (χ1n) is 9.35. The van der Waals surface area contributed by atoms with Crippen molar-refractivity contribution in [3.8, 4) is 0 Å². The summed E-state index contributed by atoms with van der Waals surface area (Å²) in [6.45, 7) is 1.78. The lowest BCUT2D eigenvalue weighted by Gasteiger charge is -2.33. The number of amides is 2. The largest absolute Gasteiger partial charge is 0.364 e. The molecule has 0 aliphatic carbocycles. The second-order valence-corrected chi connectivity index (χ2v) is 7.12. The molecule has 2 aliphatic heterocycles. The van der Waals surface area contributed by atoms with E-state index in [4.69, 9.17) is 10.6 Å². The molecule has 0 bridgehead atoms. The van der Waals surface area contributed by atoms with Crippen LogP contribution < -0.4 is 10.6 Å². The fourth-order valence-electron chi connectivity index (χ4n) is 3.75. The molecule has 2 saturated heterocycles. The zero-order chi connectivity index (χ0) is 19.7. The number of aryl methyl sites for hydroxylation is 1. The summed E-state index contributed by atoms with van der Waals surface area (Å²) in [6.07, 6.45) is 7.34. The molecule has 148 valence electrons. The molecular weight excluding hydrogens is 362 g/mol. The van der Waals surface area contributed by atoms with Crippen LogP contribution in [0.3, 0.4) is 0 Å². The number of aromatic nitrogens is 4. The van der Waals surface area contributed by atoms with Gasteiger partial charge in [-0.1, -0.05) is 0 Å². The molecule has 2 aromatic rings. The summed E-state index contributed by atoms with van der Waals surface area (Å²) < 4.78 is 1.73. The first kappa shape index (κ1) is 18.4. The van der Waals surface area contributed by atoms with E-state index in [2.05, 4.69) is 15.1 Å². The van der Waals surface area contributed by atoms with E-state index in [-0.39, 0.29) is 23.6 Å². The van der Waals surface area contributed by atoms with Crippen molar-refractivity contribution >= 4 is 17.8 Å². The smallest absolute Gasteiger partial charge is 0.267 e. The van der Waals surface area contributed by atoms with Gasteiger partial charge in [-0.05, 0) is 18.9 Å². The molecule has 0 saturated carbocycles. The van der Waals surface area contributed by atoms with Gasteiger partial charge in [0.1, 0.15) is 5.69 Å². The maximum atomic E-state index is 13.0. The van der Waals surface area contributed by atoms with E-state index in [1.165, 1.54) is 17.3 Å². The predicted octanol–water partition coefficient (Wildman–Crippen LogP) is 0.431. The van der Waals surface area contributed by atoms with Crippen molar-refractivity contribution in [3.63, 3.8) is 0 Å². The minimum Gasteiger partial charge on any atom is -0.364 e. The van der Waals surface area contributed by atoms with Crippen LogP contribution in [0, 0.1) is 5.92 Å². The van der Waals surface area contributed by atoms with Crippen molar-refractivity contribution in [2.24, 2.45) is 18.7 Å². The number of carbonyl (C=O) groups excluding carboxylic acids is 2. The van der Waals surface area contributed by atoms with E-state index in [1.54, 1.807) is 10.9 Å². The maximum Gasteiger partial charge on any atom is 0.267 e. The van der Waals surface area contributed by atoms with E-state index in [0.29, 0.717) is 38.5 Å². The number of hydrogen-bond donors (Lipinski definition) is 1. The Kier molecular flexibility index (Phi) is 4.95. The normalized spacial score (nSPS) is 20.5. The van der Waals surface area contributed by atoms with E-state index in [1.807, 2.05) is 18.1 Å². The monoisotopic (exact) mass is 385 g/mol. The third kappa shape index (κ3) is 3.55. The Morgan fingerprint density at radius 2 is 2.04 bits per heavy atom. The summed E-state index contributed by atoms with van der Waals surface area (Å²) in [4.78, 5) is 40.4. The van der Waals surface area contributed by atoms with Crippen molar-refractivity contribution in [2.45, 2.75) is 25.3 Å². The molecule has 10 nitrogen and oxygen atoms in total. The Bertz CT molecular complexity index is 876. The molecule has 0 spiro atoms. The minimum atomic E-state index is -0.582. The predicted molar refractivity (Wildman–Crippen MR) is 98.9 cm³/mol. The van der Waals surface area contributed by atoms with Gasteiger partial charge in [0.25, 0.3) is 5.91 Å². The van der Waals surface area contributed by atoms with Gasteiger partial charge < -0.3 is 10.6 Å². The van der Waals surface area contributed by atoms with Crippen LogP contribution in [0.4, 0.5) is 5.95 Å². The number of piperidine rings is 1. The molecule has 2 fully saturated rings. The van der Waals surface area contributed by atoms with Crippen LogP contribution in [0.2, 0.25) is 0 Å². The molecule has 0 aromatic carbocycles. The minimum absolute atomic E-state index is 0.0119. The second-order valence-electron chi connectivity index (χ2n) is 7.12. The van der Waals surface area contributed by atoms with Gasteiger partial charge in [-0.3, -0.25) is 19.1 Å². The van der Waals surface area contributed by atoms with Gasteiger partial charge in [0.2, 0.25) is 11.9 Å². The molecule has 10 heteroatoms. The molecule has 2 aromatic heterocycles. The van der Waals surface area contributed by atoms with Crippen molar-refractivity contribution in [1.29, 1.82) is 0 Å². The number of hydroxylamine groups is 2. The summed E-state index contributed by atoms with van der Waals surface area (Å²) in [7, 11) is 1.86. The summed E-state index contributed by atoms with van der Waals surface area (Å²) in [5, 5.41) is 5.73. The zero-order valence-corrected chi connectivity index (χ0v) is 15.7. The third-order valence-electron chi connectivity index (χ3n) is 5.25. The average Bonchev–Trinajstić information content (AvgIpc) is 3.36. The maximum absolute atomic E-state index is 13.0. The highest BCUT2D eigenvalue weighted by atomic mass is 16.7. The Hall–Kier alpha value is -3.01. The van der Waals surface area contributed by atoms with Gasteiger partial charge in [-0.2, -0.15) is 5.10 Å². The summed E-state index contributed by atoms with van der Waals surface area (Å²) in [5.41, 5.74) is 6.46.